The van der Waals surface area contributed by atoms with Crippen LogP contribution < -0.4 is 16.0 Å². The number of nitrogens with zero attached hydrogens (tertiary/aromatic N) is 2. The minimum atomic E-state index is -0.881. The number of hydrogen-bond acceptors (Lipinski definition) is 7. The summed E-state index contributed by atoms with van der Waals surface area (Å²) in [5.74, 6) is -0.878. The van der Waals surface area contributed by atoms with Crippen LogP contribution in [-0.2, 0) is 19.1 Å². The van der Waals surface area contributed by atoms with Crippen LogP contribution in [0.5, 0.6) is 0 Å². The van der Waals surface area contributed by atoms with Crippen LogP contribution in [0.4, 0.5) is 0 Å². The van der Waals surface area contributed by atoms with Crippen molar-refractivity contribution in [3.8, 4) is 0 Å². The molecule has 42 heavy (non-hydrogen) atoms. The number of nitrogens with one attached hydrogen (secondary N) is 2. The molecule has 8 nitrogen and oxygen atoms in total. The molecule has 2 N–H and O–H groups in total. The normalized spacial score (nSPS) is 32.9. The Kier molecular flexibility index (Phi) is 8.61. The highest BCUT2D eigenvalue weighted by molar-refractivity contribution is 9.12. The van der Waals surface area contributed by atoms with E-state index in [0.29, 0.717) is 12.8 Å². The fraction of sp³-hybridized carbons (Fsp3) is 0.419. The van der Waals surface area contributed by atoms with E-state index in [0.717, 1.165) is 47.9 Å². The van der Waals surface area contributed by atoms with Crippen molar-refractivity contribution in [2.75, 3.05) is 14.2 Å². The predicted octanol–water partition coefficient (Wildman–Crippen LogP) is 4.99. The summed E-state index contributed by atoms with van der Waals surface area (Å²) in [6.45, 7) is 6.32. The molecule has 1 aromatic rings. The lowest BCUT2D eigenvalue weighted by Crippen LogP contribution is -2.57. The van der Waals surface area contributed by atoms with E-state index >= 15 is 0 Å². The summed E-state index contributed by atoms with van der Waals surface area (Å²) in [5.41, 5.74) is 2.94. The van der Waals surface area contributed by atoms with Gasteiger partial charge in [-0.05, 0) is 96.3 Å². The largest absolute Gasteiger partial charge is 0.469 e. The summed E-state index contributed by atoms with van der Waals surface area (Å²) < 4.78 is 11.1. The van der Waals surface area contributed by atoms with Gasteiger partial charge in [-0.25, -0.2) is 4.99 Å². The van der Waals surface area contributed by atoms with Crippen molar-refractivity contribution in [3.63, 3.8) is 0 Å². The number of fused-ring (bicyclic) bond motifs is 6. The molecule has 4 unspecified atom stereocenters. The monoisotopic (exact) mass is 762 g/mol. The van der Waals surface area contributed by atoms with Gasteiger partial charge < -0.3 is 14.5 Å². The number of rotatable bonds is 6. The molecule has 1 aromatic heterocycles. The van der Waals surface area contributed by atoms with Crippen molar-refractivity contribution < 1.29 is 19.1 Å². The topological polar surface area (TPSA) is 105 Å². The first-order valence-corrected chi connectivity index (χ1v) is 16.1. The lowest BCUT2D eigenvalue weighted by Gasteiger charge is -2.45. The molecule has 0 amide bonds. The second-order valence-corrected chi connectivity index (χ2v) is 14.0. The summed E-state index contributed by atoms with van der Waals surface area (Å²) in [5, 5.41) is 5.63. The van der Waals surface area contributed by atoms with Crippen molar-refractivity contribution in [1.82, 2.24) is 10.3 Å². The van der Waals surface area contributed by atoms with Gasteiger partial charge in [0, 0.05) is 38.4 Å². The van der Waals surface area contributed by atoms with Crippen molar-refractivity contribution in [1.29, 1.82) is 0 Å². The van der Waals surface area contributed by atoms with Crippen LogP contribution in [0, 0.1) is 5.92 Å². The number of esters is 2. The van der Waals surface area contributed by atoms with Crippen LogP contribution in [-0.4, -0.2) is 58.1 Å². The number of ether oxygens (including phenoxy) is 2. The van der Waals surface area contributed by atoms with Crippen molar-refractivity contribution in [2.45, 2.75) is 62.0 Å². The van der Waals surface area contributed by atoms with Gasteiger partial charge in [0.15, 0.2) is 0 Å². The minimum Gasteiger partial charge on any atom is -0.469 e. The Morgan fingerprint density at radius 1 is 1.05 bits per heavy atom. The predicted molar refractivity (Wildman–Crippen MR) is 176 cm³/mol. The molecule has 8 bridgehead atoms. The molecule has 0 spiro atoms. The van der Waals surface area contributed by atoms with Crippen LogP contribution in [0.3, 0.4) is 0 Å². The first-order chi connectivity index (χ1) is 19.8. The Labute approximate surface area is 270 Å². The van der Waals surface area contributed by atoms with Gasteiger partial charge in [0.25, 0.3) is 0 Å². The molecule has 4 aliphatic heterocycles. The smallest absolute Gasteiger partial charge is 0.305 e. The first-order valence-electron chi connectivity index (χ1n) is 13.7. The maximum atomic E-state index is 12.6. The fourth-order valence-electron chi connectivity index (χ4n) is 6.30. The number of aromatic amines is 1. The quantitative estimate of drug-likeness (QED) is 0.242. The summed E-state index contributed by atoms with van der Waals surface area (Å²) in [6, 6.07) is 4.00. The third-order valence-electron chi connectivity index (χ3n) is 8.61. The first kappa shape index (κ1) is 31.1. The zero-order valence-corrected chi connectivity index (χ0v) is 28.9. The Morgan fingerprint density at radius 3 is 2.40 bits per heavy atom. The zero-order valence-electron chi connectivity index (χ0n) is 24.1. The molecular weight excluding hydrogens is 732 g/mol. The zero-order chi connectivity index (χ0) is 30.4. The Hall–Kier alpha value is -2.34. The molecule has 11 heteroatoms. The van der Waals surface area contributed by atoms with E-state index < -0.39 is 15.5 Å². The van der Waals surface area contributed by atoms with Gasteiger partial charge in [-0.1, -0.05) is 38.8 Å². The number of carbonyl (C=O) groups excluding carboxylic acids is 2. The van der Waals surface area contributed by atoms with Crippen LogP contribution in [0.2, 0.25) is 0 Å². The standard InChI is InChI=1S/C31H33Br3N4O4/c1-17-28(33)29(3)16-22-9-8-20(36-22)14-19-6-7-21(35-19)15-24-27(32)23(10-11-25(39)41-4)30(37-24,13-12-26(40)42-5)18(2)31(17,34)38-29/h6-9,14-16,18,35,38H,10-13H2,1-5H3/b19-14-,21-15-,22-16-. The molecule has 0 aliphatic carbocycles. The molecule has 4 atom stereocenters. The summed E-state index contributed by atoms with van der Waals surface area (Å²) >= 11 is 11.9. The third-order valence-corrected chi connectivity index (χ3v) is 12.4. The van der Waals surface area contributed by atoms with Gasteiger partial charge in [-0.3, -0.25) is 19.9 Å². The van der Waals surface area contributed by atoms with Gasteiger partial charge in [0.05, 0.1) is 42.4 Å². The van der Waals surface area contributed by atoms with E-state index in [1.165, 1.54) is 14.2 Å². The van der Waals surface area contributed by atoms with E-state index in [9.17, 15) is 9.59 Å². The van der Waals surface area contributed by atoms with E-state index in [-0.39, 0.29) is 30.7 Å². The van der Waals surface area contributed by atoms with Crippen molar-refractivity contribution in [2.24, 2.45) is 15.9 Å². The molecular formula is C31H33Br3N4O4. The number of aliphatic imine (C=N–C) groups is 2. The van der Waals surface area contributed by atoms with Crippen molar-refractivity contribution in [3.05, 3.63) is 66.9 Å². The number of allylic oxidation sites excluding steroid dienone is 3. The van der Waals surface area contributed by atoms with Gasteiger partial charge in [-0.15, -0.1) is 0 Å². The number of aromatic nitrogens is 1. The molecule has 4 aliphatic rings. The molecule has 0 saturated heterocycles. The molecule has 0 fully saturated rings. The van der Waals surface area contributed by atoms with Gasteiger partial charge in [0.2, 0.25) is 0 Å². The van der Waals surface area contributed by atoms with Gasteiger partial charge in [-0.2, -0.15) is 0 Å². The third kappa shape index (κ3) is 5.42. The fourth-order valence-corrected chi connectivity index (χ4v) is 8.82. The highest BCUT2D eigenvalue weighted by Crippen LogP contribution is 2.56. The molecule has 222 valence electrons. The Morgan fingerprint density at radius 2 is 1.71 bits per heavy atom. The minimum absolute atomic E-state index is 0.151. The highest BCUT2D eigenvalue weighted by Gasteiger charge is 2.58. The highest BCUT2D eigenvalue weighted by atomic mass is 79.9. The number of H-pyrrole nitrogens is 1. The average Bonchev–Trinajstić information content (AvgIpc) is 3.70. The Bertz CT molecular complexity index is 1670. The number of carbonyl (C=O) groups is 2. The second kappa shape index (κ2) is 11.6. The molecule has 5 rings (SSSR count). The maximum absolute atomic E-state index is 12.6. The Balaban J connectivity index is 1.78. The van der Waals surface area contributed by atoms with Crippen LogP contribution in [0.15, 0.2) is 66.2 Å². The molecule has 0 aromatic carbocycles. The van der Waals surface area contributed by atoms with E-state index in [1.54, 1.807) is 0 Å². The van der Waals surface area contributed by atoms with Gasteiger partial charge >= 0.3 is 11.9 Å². The van der Waals surface area contributed by atoms with E-state index in [2.05, 4.69) is 84.9 Å². The summed E-state index contributed by atoms with van der Waals surface area (Å²) in [4.78, 5) is 38.6. The van der Waals surface area contributed by atoms with Crippen LogP contribution in [0.25, 0.3) is 12.2 Å². The number of hydrogen-bond donors (Lipinski definition) is 2. The lowest BCUT2D eigenvalue weighted by atomic mass is 9.71. The SMILES string of the molecule is COC(=O)CCC1=C(Br)C2=NC1(CCC(=O)OC)C(C)C1(Br)NC(C)(/C=C3/C=CC(=N3)/C=c3/cc/c([nH]3)=C/2)C(Br)=C1C. The second-order valence-electron chi connectivity index (χ2n) is 11.2. The number of halogens is 3. The molecule has 0 saturated carbocycles. The average molecular weight is 765 g/mol. The van der Waals surface area contributed by atoms with Crippen LogP contribution >= 0.6 is 47.8 Å². The molecule has 5 heterocycles. The van der Waals surface area contributed by atoms with E-state index in [1.807, 2.05) is 36.4 Å². The lowest BCUT2D eigenvalue weighted by molar-refractivity contribution is -0.142. The van der Waals surface area contributed by atoms with Gasteiger partial charge in [0.1, 0.15) is 4.45 Å². The molecule has 0 radical (unpaired) electrons. The number of alkyl halides is 1. The summed E-state index contributed by atoms with van der Waals surface area (Å²) in [7, 11) is 2.78. The van der Waals surface area contributed by atoms with E-state index in [4.69, 9.17) is 19.5 Å². The summed E-state index contributed by atoms with van der Waals surface area (Å²) in [6.07, 6.45) is 11.2. The van der Waals surface area contributed by atoms with Crippen molar-refractivity contribution >= 4 is 83.3 Å². The number of methoxy groups -OCH3 is 2. The maximum Gasteiger partial charge on any atom is 0.305 e. The van der Waals surface area contributed by atoms with Crippen LogP contribution in [0.1, 0.15) is 46.5 Å².